The van der Waals surface area contributed by atoms with Crippen molar-refractivity contribution in [2.24, 2.45) is 4.99 Å². The first kappa shape index (κ1) is 16.1. The van der Waals surface area contributed by atoms with Gasteiger partial charge in [0.1, 0.15) is 4.87 Å². The van der Waals surface area contributed by atoms with E-state index in [2.05, 4.69) is 39.5 Å². The Balaban J connectivity index is 2.31. The van der Waals surface area contributed by atoms with Crippen LogP contribution in [0, 0.1) is 0 Å². The molecular weight excluding hydrogens is 238 g/mol. The van der Waals surface area contributed by atoms with E-state index >= 15 is 0 Å². The van der Waals surface area contributed by atoms with Crippen molar-refractivity contribution in [1.82, 2.24) is 0 Å². The van der Waals surface area contributed by atoms with Crippen LogP contribution >= 0.6 is 11.8 Å². The lowest BCUT2D eigenvalue weighted by atomic mass is 10.1. The zero-order chi connectivity index (χ0) is 13.4. The fraction of sp³-hybridized carbons (Fsp3) is 0.938. The molecule has 0 aromatic heterocycles. The van der Waals surface area contributed by atoms with Gasteiger partial charge in [-0.2, -0.15) is 0 Å². The largest absolute Gasteiger partial charge is 0.276 e. The second-order valence-electron chi connectivity index (χ2n) is 5.84. The molecule has 1 aliphatic rings. The van der Waals surface area contributed by atoms with Crippen molar-refractivity contribution >= 4 is 17.5 Å². The first-order valence-corrected chi connectivity index (χ1v) is 8.73. The van der Waals surface area contributed by atoms with Crippen molar-refractivity contribution in [1.29, 1.82) is 0 Å². The zero-order valence-electron chi connectivity index (χ0n) is 12.8. The Morgan fingerprint density at radius 1 is 1.06 bits per heavy atom. The minimum Gasteiger partial charge on any atom is -0.276 e. The molecule has 0 aliphatic carbocycles. The van der Waals surface area contributed by atoms with E-state index in [9.17, 15) is 0 Å². The summed E-state index contributed by atoms with van der Waals surface area (Å²) in [4.78, 5) is 5.15. The minimum atomic E-state index is 0.189. The fourth-order valence-corrected chi connectivity index (χ4v) is 4.28. The van der Waals surface area contributed by atoms with Crippen LogP contribution in [-0.4, -0.2) is 15.8 Å². The number of thioether (sulfide) groups is 1. The van der Waals surface area contributed by atoms with Gasteiger partial charge >= 0.3 is 0 Å². The molecule has 0 N–H and O–H groups in total. The van der Waals surface area contributed by atoms with Crippen molar-refractivity contribution in [3.63, 3.8) is 0 Å². The molecule has 1 aliphatic heterocycles. The van der Waals surface area contributed by atoms with Gasteiger partial charge in [0.15, 0.2) is 0 Å². The Morgan fingerprint density at radius 3 is 2.39 bits per heavy atom. The molecule has 106 valence electrons. The Bertz CT molecular complexity index is 262. The zero-order valence-corrected chi connectivity index (χ0v) is 13.6. The van der Waals surface area contributed by atoms with Crippen molar-refractivity contribution in [2.45, 2.75) is 95.6 Å². The van der Waals surface area contributed by atoms with Crippen LogP contribution in [0.1, 0.15) is 85.5 Å². The van der Waals surface area contributed by atoms with E-state index < -0.39 is 0 Å². The highest BCUT2D eigenvalue weighted by Crippen LogP contribution is 2.43. The molecule has 0 amide bonds. The molecule has 1 rings (SSSR count). The number of nitrogens with zero attached hydrogens (tertiary/aromatic N) is 1. The van der Waals surface area contributed by atoms with E-state index in [4.69, 9.17) is 4.99 Å². The van der Waals surface area contributed by atoms with Crippen LogP contribution in [-0.2, 0) is 0 Å². The molecule has 1 nitrogen and oxygen atoms in total. The van der Waals surface area contributed by atoms with Crippen LogP contribution < -0.4 is 0 Å². The molecule has 0 bridgehead atoms. The smallest absolute Gasteiger partial charge is 0.104 e. The Kier molecular flexibility index (Phi) is 7.36. The Morgan fingerprint density at radius 2 is 1.72 bits per heavy atom. The third-order valence-corrected chi connectivity index (χ3v) is 5.50. The molecule has 0 aromatic rings. The fourth-order valence-electron chi connectivity index (χ4n) is 2.71. The number of hydrogen-bond donors (Lipinski definition) is 0. The molecule has 0 fully saturated rings. The highest BCUT2D eigenvalue weighted by Gasteiger charge is 2.34. The molecule has 0 saturated carbocycles. The van der Waals surface area contributed by atoms with Gasteiger partial charge in [-0.05, 0) is 26.7 Å². The quantitative estimate of drug-likeness (QED) is 0.480. The van der Waals surface area contributed by atoms with Gasteiger partial charge in [0.25, 0.3) is 0 Å². The first-order valence-electron chi connectivity index (χ1n) is 7.85. The highest BCUT2D eigenvalue weighted by molar-refractivity contribution is 8.02. The van der Waals surface area contributed by atoms with Crippen molar-refractivity contribution < 1.29 is 0 Å². The summed E-state index contributed by atoms with van der Waals surface area (Å²) in [6.45, 7) is 9.13. The van der Waals surface area contributed by atoms with Gasteiger partial charge in [-0.15, -0.1) is 11.8 Å². The van der Waals surface area contributed by atoms with Gasteiger partial charge in [0.2, 0.25) is 0 Å². The maximum absolute atomic E-state index is 4.96. The average molecular weight is 269 g/mol. The second-order valence-corrected chi connectivity index (χ2v) is 7.53. The number of rotatable bonds is 9. The van der Waals surface area contributed by atoms with Crippen LogP contribution in [0.5, 0.6) is 0 Å². The molecule has 2 heteroatoms. The van der Waals surface area contributed by atoms with Gasteiger partial charge in [0.05, 0.1) is 0 Å². The molecule has 0 spiro atoms. The molecule has 1 heterocycles. The van der Waals surface area contributed by atoms with Crippen LogP contribution in [0.2, 0.25) is 0 Å². The molecule has 2 atom stereocenters. The summed E-state index contributed by atoms with van der Waals surface area (Å²) in [5.41, 5.74) is 1.40. The Hall–Kier alpha value is 0.0200. The van der Waals surface area contributed by atoms with E-state index in [1.165, 1.54) is 63.5 Å². The monoisotopic (exact) mass is 269 g/mol. The third-order valence-electron chi connectivity index (χ3n) is 3.84. The summed E-state index contributed by atoms with van der Waals surface area (Å²) < 4.78 is 0. The molecule has 18 heavy (non-hydrogen) atoms. The predicted octanol–water partition coefficient (Wildman–Crippen LogP) is 5.83. The van der Waals surface area contributed by atoms with Crippen molar-refractivity contribution in [3.8, 4) is 0 Å². The first-order chi connectivity index (χ1) is 8.61. The van der Waals surface area contributed by atoms with E-state index in [-0.39, 0.29) is 4.87 Å². The topological polar surface area (TPSA) is 12.4 Å². The van der Waals surface area contributed by atoms with Gasteiger partial charge in [-0.25, -0.2) is 0 Å². The number of hydrogen-bond acceptors (Lipinski definition) is 2. The van der Waals surface area contributed by atoms with E-state index in [1.807, 2.05) is 0 Å². The van der Waals surface area contributed by atoms with Crippen LogP contribution in [0.15, 0.2) is 4.99 Å². The molecule has 0 radical (unpaired) electrons. The van der Waals surface area contributed by atoms with Gasteiger partial charge in [0, 0.05) is 11.0 Å². The van der Waals surface area contributed by atoms with Gasteiger partial charge in [-0.3, -0.25) is 4.99 Å². The van der Waals surface area contributed by atoms with Crippen molar-refractivity contribution in [2.75, 3.05) is 0 Å². The number of unbranched alkanes of at least 4 members (excludes halogenated alkanes) is 5. The van der Waals surface area contributed by atoms with Crippen LogP contribution in [0.3, 0.4) is 0 Å². The average Bonchev–Trinajstić information content (AvgIpc) is 2.61. The predicted molar refractivity (Wildman–Crippen MR) is 85.8 cm³/mol. The molecular formula is C16H31NS. The summed E-state index contributed by atoms with van der Waals surface area (Å²) in [6, 6.07) is 0. The van der Waals surface area contributed by atoms with E-state index in [1.54, 1.807) is 0 Å². The van der Waals surface area contributed by atoms with E-state index in [0.29, 0.717) is 5.25 Å². The summed E-state index contributed by atoms with van der Waals surface area (Å²) in [6.07, 6.45) is 12.1. The Labute approximate surface area is 118 Å². The van der Waals surface area contributed by atoms with Crippen LogP contribution in [0.4, 0.5) is 0 Å². The maximum atomic E-state index is 4.96. The summed E-state index contributed by atoms with van der Waals surface area (Å²) in [7, 11) is 0. The minimum absolute atomic E-state index is 0.189. The summed E-state index contributed by atoms with van der Waals surface area (Å²) in [5, 5.41) is 0.702. The standard InChI is InChI=1S/C16H31NS/c1-5-7-9-11-13-16(4)17-14(3)15(18-16)12-10-8-6-2/h15H,5-13H2,1-4H3. The number of aliphatic imine (C=N–C) groups is 1. The molecule has 2 unspecified atom stereocenters. The second kappa shape index (κ2) is 8.24. The van der Waals surface area contributed by atoms with E-state index in [0.717, 1.165) is 0 Å². The van der Waals surface area contributed by atoms with Crippen molar-refractivity contribution in [3.05, 3.63) is 0 Å². The van der Waals surface area contributed by atoms with Crippen LogP contribution in [0.25, 0.3) is 0 Å². The third kappa shape index (κ3) is 5.34. The van der Waals surface area contributed by atoms with Gasteiger partial charge < -0.3 is 0 Å². The lowest BCUT2D eigenvalue weighted by molar-refractivity contribution is 0.549. The highest BCUT2D eigenvalue weighted by atomic mass is 32.2. The lowest BCUT2D eigenvalue weighted by Gasteiger charge is -2.21. The van der Waals surface area contributed by atoms with Gasteiger partial charge in [-0.1, -0.05) is 58.8 Å². The maximum Gasteiger partial charge on any atom is 0.104 e. The SMILES string of the molecule is CCCCCCC1(C)N=C(C)C(CCCCC)S1. The summed E-state index contributed by atoms with van der Waals surface area (Å²) >= 11 is 2.13. The molecule has 0 saturated heterocycles. The normalized spacial score (nSPS) is 27.6. The summed E-state index contributed by atoms with van der Waals surface area (Å²) in [5.74, 6) is 0. The lowest BCUT2D eigenvalue weighted by Crippen LogP contribution is -2.15. The molecule has 0 aromatic carbocycles.